The minimum atomic E-state index is 0. The van der Waals surface area contributed by atoms with Gasteiger partial charge in [0.15, 0.2) is 0 Å². The molecule has 1 fully saturated rings. The fraction of sp³-hybridized carbons (Fsp3) is 1.00. The van der Waals surface area contributed by atoms with Crippen LogP contribution in [0.3, 0.4) is 0 Å². The second-order valence-electron chi connectivity index (χ2n) is 4.66. The molecule has 0 aromatic heterocycles. The van der Waals surface area contributed by atoms with E-state index in [1.54, 1.807) is 0 Å². The van der Waals surface area contributed by atoms with Gasteiger partial charge in [0.05, 0.1) is 5.54 Å². The molecule has 3 atom stereocenters. The van der Waals surface area contributed by atoms with E-state index in [4.69, 9.17) is 0 Å². The van der Waals surface area contributed by atoms with Crippen LogP contribution in [0.4, 0.5) is 0 Å². The van der Waals surface area contributed by atoms with Crippen LogP contribution in [0.15, 0.2) is 0 Å². The molecule has 0 amide bonds. The van der Waals surface area contributed by atoms with Crippen molar-refractivity contribution in [3.8, 4) is 0 Å². The van der Waals surface area contributed by atoms with Gasteiger partial charge in [-0.3, -0.25) is 0 Å². The molecule has 0 aliphatic heterocycles. The summed E-state index contributed by atoms with van der Waals surface area (Å²) in [6.45, 7) is 6.98. The van der Waals surface area contributed by atoms with Crippen LogP contribution < -0.4 is 18.1 Å². The predicted octanol–water partition coefficient (Wildman–Crippen LogP) is -1.55. The van der Waals surface area contributed by atoms with E-state index in [2.05, 4.69) is 26.5 Å². The van der Waals surface area contributed by atoms with Crippen molar-refractivity contribution in [1.29, 1.82) is 0 Å². The van der Waals surface area contributed by atoms with E-state index >= 15 is 0 Å². The topological polar surface area (TPSA) is 27.6 Å². The second-order valence-corrected chi connectivity index (χ2v) is 4.66. The molecule has 0 spiro atoms. The highest BCUT2D eigenvalue weighted by molar-refractivity contribution is 4.82. The van der Waals surface area contributed by atoms with Crippen LogP contribution >= 0.6 is 0 Å². The monoisotopic (exact) mass is 177 g/mol. The van der Waals surface area contributed by atoms with Gasteiger partial charge in [-0.25, -0.2) is 0 Å². The maximum absolute atomic E-state index is 4.23. The highest BCUT2D eigenvalue weighted by Gasteiger charge is 2.33. The summed E-state index contributed by atoms with van der Waals surface area (Å²) in [5.74, 6) is 1.79. The van der Waals surface area contributed by atoms with Gasteiger partial charge in [-0.1, -0.05) is 13.8 Å². The van der Waals surface area contributed by atoms with Gasteiger partial charge in [-0.15, -0.1) is 0 Å². The van der Waals surface area contributed by atoms with Crippen molar-refractivity contribution in [2.75, 3.05) is 0 Å². The fourth-order valence-electron chi connectivity index (χ4n) is 2.62. The van der Waals surface area contributed by atoms with Crippen molar-refractivity contribution >= 4 is 0 Å². The number of rotatable bonds is 0. The van der Waals surface area contributed by atoms with E-state index in [-0.39, 0.29) is 12.4 Å². The minimum Gasteiger partial charge on any atom is -1.00 e. The van der Waals surface area contributed by atoms with Crippen LogP contribution in [0.25, 0.3) is 0 Å². The van der Waals surface area contributed by atoms with Crippen LogP contribution in [0, 0.1) is 11.8 Å². The summed E-state index contributed by atoms with van der Waals surface area (Å²) < 4.78 is 0. The van der Waals surface area contributed by atoms with Crippen molar-refractivity contribution in [2.24, 2.45) is 11.8 Å². The number of quaternary nitrogens is 1. The molecule has 0 bridgehead atoms. The molecule has 1 unspecified atom stereocenters. The summed E-state index contributed by atoms with van der Waals surface area (Å²) in [7, 11) is 0. The lowest BCUT2D eigenvalue weighted by Gasteiger charge is -2.34. The highest BCUT2D eigenvalue weighted by atomic mass is 35.5. The van der Waals surface area contributed by atoms with E-state index in [0.717, 1.165) is 11.8 Å². The smallest absolute Gasteiger partial charge is 0.0922 e. The maximum Gasteiger partial charge on any atom is 0.0922 e. The third kappa shape index (κ3) is 3.44. The van der Waals surface area contributed by atoms with Gasteiger partial charge in [-0.2, -0.15) is 0 Å². The first-order valence-corrected chi connectivity index (χ1v) is 4.35. The molecule has 0 heterocycles. The SMILES string of the molecule is C[C@@H]1C[C@H](C)CC(C)([NH3+])C1.[Cl-]. The highest BCUT2D eigenvalue weighted by Crippen LogP contribution is 2.32. The quantitative estimate of drug-likeness (QED) is 0.464. The van der Waals surface area contributed by atoms with Crippen molar-refractivity contribution in [3.63, 3.8) is 0 Å². The third-order valence-corrected chi connectivity index (χ3v) is 2.49. The van der Waals surface area contributed by atoms with Crippen molar-refractivity contribution < 1.29 is 18.1 Å². The number of hydrogen-bond donors (Lipinski definition) is 1. The molecule has 0 radical (unpaired) electrons. The van der Waals surface area contributed by atoms with Gasteiger partial charge in [0, 0.05) is 12.8 Å². The summed E-state index contributed by atoms with van der Waals surface area (Å²) in [6, 6.07) is 0. The Labute approximate surface area is 76.1 Å². The van der Waals surface area contributed by atoms with Crippen LogP contribution in [-0.4, -0.2) is 5.54 Å². The Kier molecular flexibility index (Phi) is 3.86. The van der Waals surface area contributed by atoms with E-state index in [9.17, 15) is 0 Å². The van der Waals surface area contributed by atoms with Gasteiger partial charge in [0.25, 0.3) is 0 Å². The van der Waals surface area contributed by atoms with Crippen LogP contribution in [0.5, 0.6) is 0 Å². The lowest BCUT2D eigenvalue weighted by atomic mass is 9.73. The molecule has 1 aliphatic rings. The molecular weight excluding hydrogens is 158 g/mol. The largest absolute Gasteiger partial charge is 1.00 e. The van der Waals surface area contributed by atoms with Gasteiger partial charge < -0.3 is 18.1 Å². The fourth-order valence-corrected chi connectivity index (χ4v) is 2.62. The van der Waals surface area contributed by atoms with E-state index in [1.165, 1.54) is 19.3 Å². The van der Waals surface area contributed by atoms with E-state index < -0.39 is 0 Å². The maximum atomic E-state index is 4.23. The summed E-state index contributed by atoms with van der Waals surface area (Å²) in [5, 5.41) is 0. The van der Waals surface area contributed by atoms with Crippen LogP contribution in [-0.2, 0) is 0 Å². The first-order valence-electron chi connectivity index (χ1n) is 4.35. The zero-order chi connectivity index (χ0) is 7.78. The summed E-state index contributed by atoms with van der Waals surface area (Å²) in [5.41, 5.74) is 4.60. The van der Waals surface area contributed by atoms with E-state index in [0.29, 0.717) is 5.54 Å². The molecule has 1 saturated carbocycles. The lowest BCUT2D eigenvalue weighted by Crippen LogP contribution is -3.00. The molecule has 11 heavy (non-hydrogen) atoms. The van der Waals surface area contributed by atoms with Crippen molar-refractivity contribution in [2.45, 2.75) is 45.6 Å². The molecule has 1 nitrogen and oxygen atoms in total. The molecule has 2 heteroatoms. The Morgan fingerprint density at radius 1 is 1.18 bits per heavy atom. The average molecular weight is 178 g/mol. The Morgan fingerprint density at radius 2 is 1.55 bits per heavy atom. The Morgan fingerprint density at radius 3 is 1.82 bits per heavy atom. The second kappa shape index (κ2) is 3.77. The van der Waals surface area contributed by atoms with Crippen LogP contribution in [0.2, 0.25) is 0 Å². The normalized spacial score (nSPS) is 44.7. The predicted molar refractivity (Wildman–Crippen MR) is 43.5 cm³/mol. The minimum absolute atomic E-state index is 0. The molecule has 3 N–H and O–H groups in total. The molecule has 1 aliphatic carbocycles. The summed E-state index contributed by atoms with van der Waals surface area (Å²) in [6.07, 6.45) is 4.04. The Balaban J connectivity index is 0.000001000. The standard InChI is InChI=1S/C9H19N.ClH/c1-7-4-8(2)6-9(3,10)5-7;/h7-8H,4-6,10H2,1-3H3;1H/t7-,8+,9?;. The Bertz CT molecular complexity index is 111. The number of halogens is 1. The van der Waals surface area contributed by atoms with Crippen LogP contribution in [0.1, 0.15) is 40.0 Å². The van der Waals surface area contributed by atoms with Gasteiger partial charge in [0.2, 0.25) is 0 Å². The molecule has 0 aromatic carbocycles. The van der Waals surface area contributed by atoms with Gasteiger partial charge in [0.1, 0.15) is 0 Å². The first-order chi connectivity index (χ1) is 4.49. The number of hydrogen-bond acceptors (Lipinski definition) is 0. The van der Waals surface area contributed by atoms with E-state index in [1.807, 2.05) is 0 Å². The van der Waals surface area contributed by atoms with Gasteiger partial charge in [-0.05, 0) is 25.2 Å². The average Bonchev–Trinajstić information content (AvgIpc) is 1.54. The lowest BCUT2D eigenvalue weighted by molar-refractivity contribution is -0.483. The summed E-state index contributed by atoms with van der Waals surface area (Å²) >= 11 is 0. The molecular formula is C9H20ClN. The third-order valence-electron chi connectivity index (χ3n) is 2.49. The zero-order valence-corrected chi connectivity index (χ0v) is 8.62. The van der Waals surface area contributed by atoms with Crippen molar-refractivity contribution in [1.82, 2.24) is 0 Å². The van der Waals surface area contributed by atoms with Crippen molar-refractivity contribution in [3.05, 3.63) is 0 Å². The van der Waals surface area contributed by atoms with Gasteiger partial charge >= 0.3 is 0 Å². The zero-order valence-electron chi connectivity index (χ0n) is 7.86. The Hall–Kier alpha value is 0.250. The summed E-state index contributed by atoms with van der Waals surface area (Å²) in [4.78, 5) is 0. The molecule has 68 valence electrons. The first kappa shape index (κ1) is 11.2. The molecule has 0 saturated heterocycles. The molecule has 1 rings (SSSR count). The molecule has 0 aromatic rings.